The van der Waals surface area contributed by atoms with Crippen molar-refractivity contribution in [3.63, 3.8) is 0 Å². The lowest BCUT2D eigenvalue weighted by Gasteiger charge is -2.19. The number of rotatable bonds is 8. The van der Waals surface area contributed by atoms with Gasteiger partial charge < -0.3 is 15.5 Å². The highest BCUT2D eigenvalue weighted by Gasteiger charge is 2.09. The number of nitrogens with one attached hydrogen (secondary N) is 2. The highest BCUT2D eigenvalue weighted by Crippen LogP contribution is 2.04. The first-order valence-electron chi connectivity index (χ1n) is 8.15. The number of nitrogens with zero attached hydrogens (tertiary/aromatic N) is 2. The third-order valence-corrected chi connectivity index (χ3v) is 3.40. The van der Waals surface area contributed by atoms with Gasteiger partial charge in [-0.3, -0.25) is 4.79 Å². The van der Waals surface area contributed by atoms with Gasteiger partial charge in [-0.25, -0.2) is 9.38 Å². The van der Waals surface area contributed by atoms with Crippen molar-refractivity contribution in [1.29, 1.82) is 0 Å². The molecule has 2 N–H and O–H groups in total. The Morgan fingerprint density at radius 1 is 1.22 bits per heavy atom. The minimum atomic E-state index is -0.263. The third-order valence-electron chi connectivity index (χ3n) is 3.40. The number of aliphatic imine (C=N–C) groups is 1. The highest BCUT2D eigenvalue weighted by atomic mass is 19.1. The number of halogens is 1. The van der Waals surface area contributed by atoms with E-state index in [1.54, 1.807) is 11.0 Å². The Bertz CT molecular complexity index is 515. The van der Waals surface area contributed by atoms with Crippen LogP contribution in [0.2, 0.25) is 0 Å². The standard InChI is InChI=1S/C17H27FN4O/c1-4-19-17(20-11-10-16(23)22(5-2)6-3)21-13-14-8-7-9-15(18)12-14/h7-9,12H,4-6,10-11,13H2,1-3H3,(H2,19,20,21). The molecule has 0 saturated heterocycles. The Morgan fingerprint density at radius 3 is 2.57 bits per heavy atom. The van der Waals surface area contributed by atoms with Crippen molar-refractivity contribution >= 4 is 11.9 Å². The zero-order chi connectivity index (χ0) is 17.1. The van der Waals surface area contributed by atoms with Crippen LogP contribution in [-0.2, 0) is 11.3 Å². The predicted molar refractivity (Wildman–Crippen MR) is 91.8 cm³/mol. The first kappa shape index (κ1) is 18.9. The van der Waals surface area contributed by atoms with E-state index in [0.29, 0.717) is 25.5 Å². The number of hydrogen-bond donors (Lipinski definition) is 2. The molecule has 0 saturated carbocycles. The topological polar surface area (TPSA) is 56.7 Å². The minimum absolute atomic E-state index is 0.128. The molecule has 0 atom stereocenters. The zero-order valence-electron chi connectivity index (χ0n) is 14.2. The van der Waals surface area contributed by atoms with E-state index in [1.807, 2.05) is 26.8 Å². The molecule has 1 amide bonds. The number of hydrogen-bond acceptors (Lipinski definition) is 2. The molecule has 0 bridgehead atoms. The molecule has 0 spiro atoms. The Balaban J connectivity index is 2.51. The lowest BCUT2D eigenvalue weighted by Crippen LogP contribution is -2.40. The predicted octanol–water partition coefficient (Wildman–Crippen LogP) is 2.14. The van der Waals surface area contributed by atoms with E-state index in [-0.39, 0.29) is 11.7 Å². The number of carbonyl (C=O) groups is 1. The molecular formula is C17H27FN4O. The van der Waals surface area contributed by atoms with Crippen LogP contribution in [-0.4, -0.2) is 42.9 Å². The highest BCUT2D eigenvalue weighted by molar-refractivity contribution is 5.81. The molecule has 23 heavy (non-hydrogen) atoms. The quantitative estimate of drug-likeness (QED) is 0.569. The largest absolute Gasteiger partial charge is 0.357 e. The summed E-state index contributed by atoms with van der Waals surface area (Å²) in [7, 11) is 0. The number of amides is 1. The Kier molecular flexibility index (Phi) is 8.72. The molecule has 0 unspecified atom stereocenters. The van der Waals surface area contributed by atoms with Crippen molar-refractivity contribution in [3.8, 4) is 0 Å². The number of guanidine groups is 1. The van der Waals surface area contributed by atoms with Gasteiger partial charge in [0.1, 0.15) is 5.82 Å². The van der Waals surface area contributed by atoms with Crippen LogP contribution in [0.15, 0.2) is 29.3 Å². The third kappa shape index (κ3) is 7.13. The molecule has 1 rings (SSSR count). The molecule has 0 aliphatic heterocycles. The van der Waals surface area contributed by atoms with E-state index in [4.69, 9.17) is 0 Å². The maximum Gasteiger partial charge on any atom is 0.224 e. The van der Waals surface area contributed by atoms with Gasteiger partial charge in [0.2, 0.25) is 5.91 Å². The van der Waals surface area contributed by atoms with Gasteiger partial charge in [-0.2, -0.15) is 0 Å². The van der Waals surface area contributed by atoms with Crippen LogP contribution < -0.4 is 10.6 Å². The van der Waals surface area contributed by atoms with E-state index >= 15 is 0 Å². The molecule has 1 aromatic rings. The van der Waals surface area contributed by atoms with E-state index in [0.717, 1.165) is 25.2 Å². The maximum absolute atomic E-state index is 13.2. The summed E-state index contributed by atoms with van der Waals surface area (Å²) >= 11 is 0. The van der Waals surface area contributed by atoms with Gasteiger partial charge in [-0.15, -0.1) is 0 Å². The van der Waals surface area contributed by atoms with Gasteiger partial charge in [0.05, 0.1) is 6.54 Å². The molecule has 0 aliphatic carbocycles. The van der Waals surface area contributed by atoms with Crippen LogP contribution in [0.25, 0.3) is 0 Å². The lowest BCUT2D eigenvalue weighted by molar-refractivity contribution is -0.130. The molecule has 1 aromatic carbocycles. The lowest BCUT2D eigenvalue weighted by atomic mass is 10.2. The monoisotopic (exact) mass is 322 g/mol. The van der Waals surface area contributed by atoms with E-state index in [1.165, 1.54) is 12.1 Å². The smallest absolute Gasteiger partial charge is 0.224 e. The molecule has 128 valence electrons. The first-order chi connectivity index (χ1) is 11.1. The van der Waals surface area contributed by atoms with E-state index < -0.39 is 0 Å². The fourth-order valence-electron chi connectivity index (χ4n) is 2.17. The first-order valence-corrected chi connectivity index (χ1v) is 8.15. The molecular weight excluding hydrogens is 295 g/mol. The average Bonchev–Trinajstić information content (AvgIpc) is 2.54. The second-order valence-electron chi connectivity index (χ2n) is 5.07. The van der Waals surface area contributed by atoms with E-state index in [9.17, 15) is 9.18 Å². The van der Waals surface area contributed by atoms with Crippen molar-refractivity contribution in [2.45, 2.75) is 33.7 Å². The van der Waals surface area contributed by atoms with Crippen LogP contribution in [0.5, 0.6) is 0 Å². The Morgan fingerprint density at radius 2 is 1.96 bits per heavy atom. The molecule has 6 heteroatoms. The van der Waals surface area contributed by atoms with Crippen molar-refractivity contribution in [1.82, 2.24) is 15.5 Å². The number of carbonyl (C=O) groups excluding carboxylic acids is 1. The zero-order valence-corrected chi connectivity index (χ0v) is 14.2. The van der Waals surface area contributed by atoms with Crippen molar-refractivity contribution in [3.05, 3.63) is 35.6 Å². The van der Waals surface area contributed by atoms with Gasteiger partial charge in [0.15, 0.2) is 5.96 Å². The second-order valence-corrected chi connectivity index (χ2v) is 5.07. The molecule has 0 radical (unpaired) electrons. The second kappa shape index (κ2) is 10.6. The van der Waals surface area contributed by atoms with Crippen LogP contribution in [0.1, 0.15) is 32.8 Å². The Labute approximate surface area is 138 Å². The summed E-state index contributed by atoms with van der Waals surface area (Å²) in [6.45, 7) is 8.99. The summed E-state index contributed by atoms with van der Waals surface area (Å²) in [5.74, 6) is 0.494. The normalized spacial score (nSPS) is 11.2. The summed E-state index contributed by atoms with van der Waals surface area (Å²) in [5.41, 5.74) is 0.807. The summed E-state index contributed by atoms with van der Waals surface area (Å²) in [4.78, 5) is 18.2. The van der Waals surface area contributed by atoms with Gasteiger partial charge in [0, 0.05) is 32.6 Å². The van der Waals surface area contributed by atoms with Crippen LogP contribution >= 0.6 is 0 Å². The van der Waals surface area contributed by atoms with Gasteiger partial charge >= 0.3 is 0 Å². The van der Waals surface area contributed by atoms with Gasteiger partial charge in [-0.1, -0.05) is 12.1 Å². The van der Waals surface area contributed by atoms with Gasteiger partial charge in [-0.05, 0) is 38.5 Å². The van der Waals surface area contributed by atoms with Crippen LogP contribution in [0.3, 0.4) is 0 Å². The fourth-order valence-corrected chi connectivity index (χ4v) is 2.17. The average molecular weight is 322 g/mol. The Hall–Kier alpha value is -2.11. The molecule has 0 heterocycles. The van der Waals surface area contributed by atoms with Gasteiger partial charge in [0.25, 0.3) is 0 Å². The molecule has 0 aromatic heterocycles. The molecule has 0 aliphatic rings. The molecule has 0 fully saturated rings. The number of benzene rings is 1. The van der Waals surface area contributed by atoms with Crippen molar-refractivity contribution < 1.29 is 9.18 Å². The summed E-state index contributed by atoms with van der Waals surface area (Å²) in [5, 5.41) is 6.26. The molecule has 5 nitrogen and oxygen atoms in total. The van der Waals surface area contributed by atoms with Crippen LogP contribution in [0.4, 0.5) is 4.39 Å². The van der Waals surface area contributed by atoms with Crippen LogP contribution in [0, 0.1) is 5.82 Å². The fraction of sp³-hybridized carbons (Fsp3) is 0.529. The van der Waals surface area contributed by atoms with E-state index in [2.05, 4.69) is 15.6 Å². The summed E-state index contributed by atoms with van der Waals surface area (Å²) < 4.78 is 13.2. The SMILES string of the molecule is CCNC(=NCc1cccc(F)c1)NCCC(=O)N(CC)CC. The van der Waals surface area contributed by atoms with Crippen molar-refractivity contribution in [2.75, 3.05) is 26.2 Å². The summed E-state index contributed by atoms with van der Waals surface area (Å²) in [6.07, 6.45) is 0.423. The minimum Gasteiger partial charge on any atom is -0.357 e. The maximum atomic E-state index is 13.2. The van der Waals surface area contributed by atoms with Crippen molar-refractivity contribution in [2.24, 2.45) is 4.99 Å². The summed E-state index contributed by atoms with van der Waals surface area (Å²) in [6, 6.07) is 6.38.